The molecule has 0 spiro atoms. The van der Waals surface area contributed by atoms with Gasteiger partial charge < -0.3 is 10.0 Å². The molecule has 1 unspecified atom stereocenters. The molecule has 0 rings (SSSR count). The Balaban J connectivity index is 0. The van der Waals surface area contributed by atoms with Crippen LogP contribution < -0.4 is 0 Å². The number of hydrogen-bond donors (Lipinski definition) is 1. The highest BCUT2D eigenvalue weighted by Crippen LogP contribution is 2.10. The van der Waals surface area contributed by atoms with Crippen molar-refractivity contribution >= 4 is 45.2 Å². The maximum atomic E-state index is 9.24. The fraction of sp³-hybridized carbons (Fsp3) is 1.00. The Kier molecular flexibility index (Phi) is 27.0. The summed E-state index contributed by atoms with van der Waals surface area (Å²) < 4.78 is 2.17. The van der Waals surface area contributed by atoms with E-state index in [1.165, 1.54) is 68.6 Å². The summed E-state index contributed by atoms with van der Waals surface area (Å²) in [6.07, 6.45) is 14.4. The van der Waals surface area contributed by atoms with E-state index in [0.717, 1.165) is 24.1 Å². The van der Waals surface area contributed by atoms with Gasteiger partial charge in [0, 0.05) is 11.0 Å². The second kappa shape index (κ2) is 23.4. The van der Waals surface area contributed by atoms with Gasteiger partial charge in [-0.1, -0.05) is 124 Å². The van der Waals surface area contributed by atoms with Crippen LogP contribution in [0, 0.1) is 0 Å². The highest BCUT2D eigenvalue weighted by Gasteiger charge is 2.05. The van der Waals surface area contributed by atoms with Crippen molar-refractivity contribution in [2.75, 3.05) is 28.5 Å². The van der Waals surface area contributed by atoms with Crippen LogP contribution in [0.3, 0.4) is 0 Å². The van der Waals surface area contributed by atoms with Gasteiger partial charge in [0.15, 0.2) is 0 Å². The lowest BCUT2D eigenvalue weighted by molar-refractivity contribution is 0.139. The quantitative estimate of drug-likeness (QED) is 0.143. The van der Waals surface area contributed by atoms with Gasteiger partial charge in [-0.25, -0.2) is 0 Å². The number of aliphatic hydroxyl groups excluding tert-OH is 1. The van der Waals surface area contributed by atoms with E-state index in [1.54, 1.807) is 0 Å². The highest BCUT2D eigenvalue weighted by molar-refractivity contribution is 14.1. The summed E-state index contributed by atoms with van der Waals surface area (Å²) in [6, 6.07) is 0. The third-order valence-electron chi connectivity index (χ3n) is 4.03. The Morgan fingerprint density at radius 2 is 1.17 bits per heavy atom. The zero-order valence-electron chi connectivity index (χ0n) is 15.8. The van der Waals surface area contributed by atoms with Crippen molar-refractivity contribution in [2.45, 2.75) is 91.1 Å². The number of rotatable bonds is 15. The van der Waals surface area contributed by atoms with Gasteiger partial charge in [-0.05, 0) is 23.9 Å². The second-order valence-electron chi connectivity index (χ2n) is 6.16. The maximum Gasteiger partial charge on any atom is 0.0756 e. The van der Waals surface area contributed by atoms with Crippen LogP contribution in [0.25, 0.3) is 0 Å². The molecule has 142 valence electrons. The molecule has 0 saturated carbocycles. The predicted octanol–water partition coefficient (Wildman–Crippen LogP) is 6.47. The Morgan fingerprint density at radius 3 is 1.52 bits per heavy atom. The van der Waals surface area contributed by atoms with Gasteiger partial charge in [-0.2, -0.15) is 0 Å². The average Bonchev–Trinajstić information content (AvgIpc) is 2.58. The van der Waals surface area contributed by atoms with Crippen LogP contribution in [0.15, 0.2) is 0 Å². The van der Waals surface area contributed by atoms with E-state index < -0.39 is 0 Å². The molecule has 0 aliphatic heterocycles. The van der Waals surface area contributed by atoms with Crippen molar-refractivity contribution in [3.05, 3.63) is 0 Å². The lowest BCUT2D eigenvalue weighted by Crippen LogP contribution is -2.32. The molecule has 0 fully saturated rings. The van der Waals surface area contributed by atoms with Gasteiger partial charge in [0.2, 0.25) is 0 Å². The largest absolute Gasteiger partial charge is 0.391 e. The summed E-state index contributed by atoms with van der Waals surface area (Å²) in [7, 11) is 0. The van der Waals surface area contributed by atoms with Crippen LogP contribution in [0.4, 0.5) is 0 Å². The van der Waals surface area contributed by atoms with Gasteiger partial charge in [0.1, 0.15) is 0 Å². The van der Waals surface area contributed by atoms with Gasteiger partial charge in [0.05, 0.1) is 6.10 Å². The third-order valence-corrected chi connectivity index (χ3v) is 5.81. The number of halogens is 2. The Labute approximate surface area is 173 Å². The van der Waals surface area contributed by atoms with Crippen LogP contribution in [0.1, 0.15) is 85.0 Å². The third kappa shape index (κ3) is 23.4. The van der Waals surface area contributed by atoms with Crippen molar-refractivity contribution in [3.8, 4) is 0 Å². The van der Waals surface area contributed by atoms with Crippen molar-refractivity contribution in [1.82, 2.24) is 4.90 Å². The first kappa shape index (κ1) is 26.6. The van der Waals surface area contributed by atoms with Gasteiger partial charge >= 0.3 is 0 Å². The molecule has 0 aliphatic rings. The Bertz CT molecular complexity index is 192. The number of aliphatic hydroxyl groups is 1. The van der Waals surface area contributed by atoms with E-state index in [4.69, 9.17) is 0 Å². The monoisotopic (exact) mass is 553 g/mol. The molecule has 4 heteroatoms. The molecule has 0 saturated heterocycles. The first-order valence-electron chi connectivity index (χ1n) is 9.68. The zero-order valence-corrected chi connectivity index (χ0v) is 20.1. The average molecular weight is 553 g/mol. The van der Waals surface area contributed by atoms with Gasteiger partial charge in [-0.3, -0.25) is 0 Å². The topological polar surface area (TPSA) is 23.5 Å². The lowest BCUT2D eigenvalue weighted by Gasteiger charge is -2.20. The smallest absolute Gasteiger partial charge is 0.0756 e. The van der Waals surface area contributed by atoms with E-state index in [1.807, 2.05) is 0 Å². The number of likely N-dealkylation sites (N-methyl/N-ethyl adjacent to an activating group) is 1. The summed E-state index contributed by atoms with van der Waals surface area (Å²) in [6.45, 7) is 9.39. The molecule has 1 atom stereocenters. The SMILES string of the molecule is CCCCCCCCCCCCI.CCN(CC)CC(O)CI. The lowest BCUT2D eigenvalue weighted by atomic mass is 10.1. The Morgan fingerprint density at radius 1 is 0.739 bits per heavy atom. The summed E-state index contributed by atoms with van der Waals surface area (Å²) >= 11 is 4.67. The van der Waals surface area contributed by atoms with Gasteiger partial charge in [-0.15, -0.1) is 0 Å². The summed E-state index contributed by atoms with van der Waals surface area (Å²) in [5.41, 5.74) is 0. The number of unbranched alkanes of at least 4 members (excludes halogenated alkanes) is 9. The number of hydrogen-bond acceptors (Lipinski definition) is 2. The molecule has 2 nitrogen and oxygen atoms in total. The van der Waals surface area contributed by atoms with Crippen LogP contribution in [0.5, 0.6) is 0 Å². The van der Waals surface area contributed by atoms with Crippen molar-refractivity contribution < 1.29 is 5.11 Å². The predicted molar refractivity (Wildman–Crippen MR) is 123 cm³/mol. The molecule has 0 bridgehead atoms. The fourth-order valence-corrected chi connectivity index (χ4v) is 3.23. The molecule has 23 heavy (non-hydrogen) atoms. The molecule has 0 radical (unpaired) electrons. The maximum absolute atomic E-state index is 9.24. The second-order valence-corrected chi connectivity index (χ2v) is 8.12. The van der Waals surface area contributed by atoms with Crippen LogP contribution in [-0.4, -0.2) is 44.6 Å². The molecule has 0 aromatic heterocycles. The van der Waals surface area contributed by atoms with Crippen LogP contribution in [0.2, 0.25) is 0 Å². The zero-order chi connectivity index (χ0) is 17.8. The van der Waals surface area contributed by atoms with E-state index in [2.05, 4.69) is 70.9 Å². The standard InChI is InChI=1S/C12H25I.C7H16INO/c1-2-3-4-5-6-7-8-9-10-11-12-13;1-3-9(4-2)6-7(10)5-8/h2-12H2,1H3;7,10H,3-6H2,1-2H3. The van der Waals surface area contributed by atoms with Crippen molar-refractivity contribution in [3.63, 3.8) is 0 Å². The van der Waals surface area contributed by atoms with E-state index in [0.29, 0.717) is 0 Å². The minimum atomic E-state index is -0.152. The van der Waals surface area contributed by atoms with E-state index in [-0.39, 0.29) is 6.10 Å². The molecule has 0 aromatic carbocycles. The highest BCUT2D eigenvalue weighted by atomic mass is 127. The fourth-order valence-electron chi connectivity index (χ4n) is 2.41. The Hall–Kier alpha value is 1.38. The summed E-state index contributed by atoms with van der Waals surface area (Å²) in [5, 5.41) is 9.24. The normalized spacial score (nSPS) is 12.1. The minimum absolute atomic E-state index is 0.152. The van der Waals surface area contributed by atoms with Crippen molar-refractivity contribution in [2.24, 2.45) is 0 Å². The molecule has 0 aromatic rings. The molecular formula is C19H41I2NO. The molecule has 0 heterocycles. The molecule has 1 N–H and O–H groups in total. The number of alkyl halides is 2. The first-order valence-corrected chi connectivity index (χ1v) is 12.7. The van der Waals surface area contributed by atoms with Crippen LogP contribution >= 0.6 is 45.2 Å². The summed E-state index contributed by atoms with van der Waals surface area (Å²) in [5.74, 6) is 0. The van der Waals surface area contributed by atoms with E-state index >= 15 is 0 Å². The van der Waals surface area contributed by atoms with E-state index in [9.17, 15) is 5.11 Å². The first-order chi connectivity index (χ1) is 11.2. The molecule has 0 amide bonds. The summed E-state index contributed by atoms with van der Waals surface area (Å²) in [4.78, 5) is 2.23. The molecule has 0 aliphatic carbocycles. The van der Waals surface area contributed by atoms with Gasteiger partial charge in [0.25, 0.3) is 0 Å². The van der Waals surface area contributed by atoms with Crippen LogP contribution in [-0.2, 0) is 0 Å². The number of nitrogens with zero attached hydrogens (tertiary/aromatic N) is 1. The van der Waals surface area contributed by atoms with Crippen molar-refractivity contribution in [1.29, 1.82) is 0 Å². The minimum Gasteiger partial charge on any atom is -0.391 e. The molecular weight excluding hydrogens is 512 g/mol.